The molecule has 3 rings (SSSR count). The van der Waals surface area contributed by atoms with E-state index in [0.29, 0.717) is 0 Å². The Kier molecular flexibility index (Phi) is 2.05. The molecule has 13 heavy (non-hydrogen) atoms. The van der Waals surface area contributed by atoms with Crippen LogP contribution in [0.4, 0.5) is 5.69 Å². The van der Waals surface area contributed by atoms with Crippen LogP contribution in [0.15, 0.2) is 29.3 Å². The lowest BCUT2D eigenvalue weighted by Crippen LogP contribution is -2.36. The Bertz CT molecular complexity index is 342. The summed E-state index contributed by atoms with van der Waals surface area (Å²) in [5, 5.41) is 0. The molecule has 68 valence electrons. The standard InChI is InChI=1S/C9H8N2.C2H6/c1-2-4-8-7(3-1)5-9-10-6-11(8)9;1-2/h1-4H,5-6H2;1-2H3. The minimum absolute atomic E-state index is 0.867. The average Bonchev–Trinajstić information content (AvgIpc) is 2.41. The fraction of sp³-hybridized carbons (Fsp3) is 0.364. The van der Waals surface area contributed by atoms with Gasteiger partial charge in [-0.1, -0.05) is 32.0 Å². The van der Waals surface area contributed by atoms with Crippen molar-refractivity contribution in [3.05, 3.63) is 29.8 Å². The summed E-state index contributed by atoms with van der Waals surface area (Å²) in [4.78, 5) is 6.56. The SMILES string of the molecule is CC.c1ccc2c(c1)CC1=NCN12. The maximum atomic E-state index is 4.29. The molecule has 0 radical (unpaired) electrons. The minimum atomic E-state index is 0.867. The van der Waals surface area contributed by atoms with Gasteiger partial charge in [0.25, 0.3) is 0 Å². The first-order valence-corrected chi connectivity index (χ1v) is 4.84. The molecule has 0 bridgehead atoms. The molecular weight excluding hydrogens is 160 g/mol. The Hall–Kier alpha value is -1.31. The highest BCUT2D eigenvalue weighted by Gasteiger charge is 2.29. The molecule has 2 heterocycles. The van der Waals surface area contributed by atoms with Gasteiger partial charge in [-0.3, -0.25) is 0 Å². The molecule has 2 aliphatic heterocycles. The molecule has 0 atom stereocenters. The van der Waals surface area contributed by atoms with Crippen LogP contribution in [0.2, 0.25) is 0 Å². The van der Waals surface area contributed by atoms with Crippen LogP contribution in [0.3, 0.4) is 0 Å². The second-order valence-corrected chi connectivity index (χ2v) is 2.95. The lowest BCUT2D eigenvalue weighted by molar-refractivity contribution is 0.927. The summed E-state index contributed by atoms with van der Waals surface area (Å²) in [6.07, 6.45) is 1.04. The topological polar surface area (TPSA) is 15.6 Å². The fourth-order valence-corrected chi connectivity index (χ4v) is 1.70. The predicted molar refractivity (Wildman–Crippen MR) is 56.3 cm³/mol. The van der Waals surface area contributed by atoms with Gasteiger partial charge in [-0.2, -0.15) is 0 Å². The van der Waals surface area contributed by atoms with Crippen LogP contribution in [-0.4, -0.2) is 12.5 Å². The number of amidine groups is 1. The van der Waals surface area contributed by atoms with Crippen LogP contribution in [0.25, 0.3) is 0 Å². The number of nitrogens with zero attached hydrogens (tertiary/aromatic N) is 2. The first-order valence-electron chi connectivity index (χ1n) is 4.84. The monoisotopic (exact) mass is 174 g/mol. The molecule has 0 aliphatic carbocycles. The molecule has 1 aromatic rings. The Morgan fingerprint density at radius 1 is 1.23 bits per heavy atom. The maximum absolute atomic E-state index is 4.29. The van der Waals surface area contributed by atoms with Crippen molar-refractivity contribution in [1.29, 1.82) is 0 Å². The highest BCUT2D eigenvalue weighted by Crippen LogP contribution is 2.32. The summed E-state index contributed by atoms with van der Waals surface area (Å²) >= 11 is 0. The number of aliphatic imine (C=N–C) groups is 1. The van der Waals surface area contributed by atoms with Gasteiger partial charge in [0.05, 0.1) is 0 Å². The van der Waals surface area contributed by atoms with E-state index in [1.807, 2.05) is 13.8 Å². The van der Waals surface area contributed by atoms with E-state index in [9.17, 15) is 0 Å². The van der Waals surface area contributed by atoms with E-state index in [1.54, 1.807) is 0 Å². The van der Waals surface area contributed by atoms with Crippen LogP contribution in [0.1, 0.15) is 19.4 Å². The van der Waals surface area contributed by atoms with Gasteiger partial charge in [0.1, 0.15) is 12.5 Å². The van der Waals surface area contributed by atoms with Crippen molar-refractivity contribution in [1.82, 2.24) is 0 Å². The van der Waals surface area contributed by atoms with Crippen molar-refractivity contribution in [3.63, 3.8) is 0 Å². The Morgan fingerprint density at radius 3 is 2.69 bits per heavy atom. The number of rotatable bonds is 0. The van der Waals surface area contributed by atoms with Crippen molar-refractivity contribution in [2.24, 2.45) is 4.99 Å². The molecule has 0 amide bonds. The summed E-state index contributed by atoms with van der Waals surface area (Å²) < 4.78 is 0. The number of anilines is 1. The van der Waals surface area contributed by atoms with Crippen LogP contribution >= 0.6 is 0 Å². The summed E-state index contributed by atoms with van der Waals surface area (Å²) in [7, 11) is 0. The molecule has 0 unspecified atom stereocenters. The molecule has 0 N–H and O–H groups in total. The van der Waals surface area contributed by atoms with E-state index >= 15 is 0 Å². The number of hydrogen-bond acceptors (Lipinski definition) is 2. The van der Waals surface area contributed by atoms with Crippen LogP contribution < -0.4 is 4.90 Å². The minimum Gasteiger partial charge on any atom is -0.309 e. The van der Waals surface area contributed by atoms with Crippen molar-refractivity contribution < 1.29 is 0 Å². The third-order valence-corrected chi connectivity index (χ3v) is 2.34. The van der Waals surface area contributed by atoms with Gasteiger partial charge >= 0.3 is 0 Å². The smallest absolute Gasteiger partial charge is 0.118 e. The molecule has 2 aliphatic rings. The van der Waals surface area contributed by atoms with Crippen molar-refractivity contribution in [3.8, 4) is 0 Å². The van der Waals surface area contributed by atoms with Crippen LogP contribution in [0.5, 0.6) is 0 Å². The quantitative estimate of drug-likeness (QED) is 0.590. The lowest BCUT2D eigenvalue weighted by Gasteiger charge is -2.25. The molecule has 0 saturated carbocycles. The predicted octanol–water partition coefficient (Wildman–Crippen LogP) is 2.44. The van der Waals surface area contributed by atoms with Crippen LogP contribution in [-0.2, 0) is 6.42 Å². The Balaban J connectivity index is 0.000000308. The van der Waals surface area contributed by atoms with E-state index in [1.165, 1.54) is 17.1 Å². The molecule has 0 fully saturated rings. The third kappa shape index (κ3) is 1.13. The molecule has 2 nitrogen and oxygen atoms in total. The summed E-state index contributed by atoms with van der Waals surface area (Å²) in [5.41, 5.74) is 2.78. The molecule has 0 spiro atoms. The first-order chi connectivity index (χ1) is 6.45. The van der Waals surface area contributed by atoms with Gasteiger partial charge in [0.15, 0.2) is 0 Å². The molecule has 0 saturated heterocycles. The molecule has 2 heteroatoms. The lowest BCUT2D eigenvalue weighted by atomic mass is 10.2. The zero-order chi connectivity index (χ0) is 9.26. The maximum Gasteiger partial charge on any atom is 0.118 e. The van der Waals surface area contributed by atoms with E-state index in [4.69, 9.17) is 0 Å². The van der Waals surface area contributed by atoms with Gasteiger partial charge in [-0.15, -0.1) is 0 Å². The van der Waals surface area contributed by atoms with E-state index in [0.717, 1.165) is 13.1 Å². The Morgan fingerprint density at radius 2 is 2.00 bits per heavy atom. The highest BCUT2D eigenvalue weighted by atomic mass is 15.3. The Labute approximate surface area is 78.9 Å². The highest BCUT2D eigenvalue weighted by molar-refractivity contribution is 6.08. The van der Waals surface area contributed by atoms with Gasteiger partial charge < -0.3 is 4.90 Å². The van der Waals surface area contributed by atoms with Crippen molar-refractivity contribution in [2.45, 2.75) is 20.3 Å². The average molecular weight is 174 g/mol. The van der Waals surface area contributed by atoms with Gasteiger partial charge in [-0.05, 0) is 11.6 Å². The second-order valence-electron chi connectivity index (χ2n) is 2.95. The number of benzene rings is 1. The van der Waals surface area contributed by atoms with E-state index in [-0.39, 0.29) is 0 Å². The normalized spacial score (nSPS) is 16.2. The van der Waals surface area contributed by atoms with Gasteiger partial charge in [0, 0.05) is 12.1 Å². The van der Waals surface area contributed by atoms with Crippen LogP contribution in [0, 0.1) is 0 Å². The number of para-hydroxylation sites is 1. The van der Waals surface area contributed by atoms with Crippen molar-refractivity contribution in [2.75, 3.05) is 11.6 Å². The summed E-state index contributed by atoms with van der Waals surface area (Å²) in [5.74, 6) is 1.24. The first kappa shape index (κ1) is 8.30. The second kappa shape index (κ2) is 3.21. The molecule has 1 aromatic carbocycles. The summed E-state index contributed by atoms with van der Waals surface area (Å²) in [6.45, 7) is 4.87. The van der Waals surface area contributed by atoms with E-state index < -0.39 is 0 Å². The van der Waals surface area contributed by atoms with E-state index in [2.05, 4.69) is 34.2 Å². The third-order valence-electron chi connectivity index (χ3n) is 2.34. The molecule has 0 aromatic heterocycles. The number of hydrogen-bond donors (Lipinski definition) is 0. The van der Waals surface area contributed by atoms with Gasteiger partial charge in [-0.25, -0.2) is 4.99 Å². The zero-order valence-electron chi connectivity index (χ0n) is 8.12. The summed E-state index contributed by atoms with van der Waals surface area (Å²) in [6, 6.07) is 8.51. The zero-order valence-corrected chi connectivity index (χ0v) is 8.12. The van der Waals surface area contributed by atoms with Crippen molar-refractivity contribution >= 4 is 11.5 Å². The molecular formula is C11H14N2. The van der Waals surface area contributed by atoms with Gasteiger partial charge in [0.2, 0.25) is 0 Å². The number of fused-ring (bicyclic) bond motifs is 3. The largest absolute Gasteiger partial charge is 0.309 e. The fourth-order valence-electron chi connectivity index (χ4n) is 1.70.